The number of nitrogens with zero attached hydrogens (tertiary/aromatic N) is 3. The number of anilines is 1. The third-order valence-electron chi connectivity index (χ3n) is 2.43. The van der Waals surface area contributed by atoms with E-state index < -0.39 is 0 Å². The summed E-state index contributed by atoms with van der Waals surface area (Å²) in [5.74, 6) is 1.61. The van der Waals surface area contributed by atoms with Gasteiger partial charge in [0, 0.05) is 25.5 Å². The van der Waals surface area contributed by atoms with Crippen LogP contribution in [-0.4, -0.2) is 36.2 Å². The second kappa shape index (κ2) is 5.31. The zero-order chi connectivity index (χ0) is 13.0. The first-order valence-electron chi connectivity index (χ1n) is 5.38. The van der Waals surface area contributed by atoms with Gasteiger partial charge in [-0.2, -0.15) is 4.98 Å². The molecule has 2 rings (SSSR count). The van der Waals surface area contributed by atoms with Crippen LogP contribution >= 0.6 is 0 Å². The van der Waals surface area contributed by atoms with Gasteiger partial charge in [0.2, 0.25) is 11.8 Å². The smallest absolute Gasteiger partial charge is 0.226 e. The molecule has 0 saturated carbocycles. The van der Waals surface area contributed by atoms with E-state index in [9.17, 15) is 0 Å². The molecule has 1 N–H and O–H groups in total. The predicted molar refractivity (Wildman–Crippen MR) is 67.9 cm³/mol. The summed E-state index contributed by atoms with van der Waals surface area (Å²) in [4.78, 5) is 12.7. The van der Waals surface area contributed by atoms with Gasteiger partial charge in [-0.3, -0.25) is 4.98 Å². The van der Waals surface area contributed by atoms with Crippen molar-refractivity contribution >= 4 is 5.82 Å². The topological polar surface area (TPSA) is 69.2 Å². The molecule has 0 spiro atoms. The molecule has 94 valence electrons. The molecule has 0 aromatic carbocycles. The summed E-state index contributed by atoms with van der Waals surface area (Å²) in [6.07, 6.45) is 3.25. The number of hydrogen-bond donors (Lipinski definition) is 1. The Balaban J connectivity index is 2.56. The molecule has 0 fully saturated rings. The fourth-order valence-corrected chi connectivity index (χ4v) is 1.59. The summed E-state index contributed by atoms with van der Waals surface area (Å²) in [5.41, 5.74) is 1.45. The van der Waals surface area contributed by atoms with Crippen LogP contribution in [0, 0.1) is 0 Å². The Kier molecular flexibility index (Phi) is 3.57. The number of pyridine rings is 1. The highest BCUT2D eigenvalue weighted by atomic mass is 16.5. The Morgan fingerprint density at radius 2 is 1.83 bits per heavy atom. The standard InChI is InChI=1S/C12H14N4O2/c1-13-11-10(14-6-7-15-11)8-4-5-9(17-2)16-12(8)18-3/h4-7H,1-3H3,(H,13,15). The SMILES string of the molecule is CNc1nccnc1-c1ccc(OC)nc1OC. The van der Waals surface area contributed by atoms with E-state index in [0.29, 0.717) is 23.3 Å². The van der Waals surface area contributed by atoms with Crippen LogP contribution in [0.15, 0.2) is 24.5 Å². The number of hydrogen-bond acceptors (Lipinski definition) is 6. The number of ether oxygens (including phenoxy) is 2. The van der Waals surface area contributed by atoms with Gasteiger partial charge in [-0.05, 0) is 6.07 Å². The predicted octanol–water partition coefficient (Wildman–Crippen LogP) is 1.60. The maximum absolute atomic E-state index is 5.26. The molecule has 0 aliphatic rings. The fourth-order valence-electron chi connectivity index (χ4n) is 1.59. The number of methoxy groups -OCH3 is 2. The molecule has 6 nitrogen and oxygen atoms in total. The average Bonchev–Trinajstić information content (AvgIpc) is 2.46. The van der Waals surface area contributed by atoms with E-state index in [1.54, 1.807) is 39.7 Å². The third-order valence-corrected chi connectivity index (χ3v) is 2.43. The van der Waals surface area contributed by atoms with Crippen LogP contribution in [0.3, 0.4) is 0 Å². The van der Waals surface area contributed by atoms with Crippen molar-refractivity contribution < 1.29 is 9.47 Å². The first-order valence-corrected chi connectivity index (χ1v) is 5.38. The lowest BCUT2D eigenvalue weighted by atomic mass is 10.2. The lowest BCUT2D eigenvalue weighted by molar-refractivity contribution is 0.366. The molecule has 2 aromatic rings. The molecule has 2 heterocycles. The molecule has 0 aliphatic carbocycles. The van der Waals surface area contributed by atoms with Crippen molar-refractivity contribution in [2.45, 2.75) is 0 Å². The lowest BCUT2D eigenvalue weighted by Crippen LogP contribution is -2.00. The van der Waals surface area contributed by atoms with Gasteiger partial charge < -0.3 is 14.8 Å². The summed E-state index contributed by atoms with van der Waals surface area (Å²) >= 11 is 0. The Labute approximate surface area is 105 Å². The van der Waals surface area contributed by atoms with Crippen LogP contribution in [0.2, 0.25) is 0 Å². The Morgan fingerprint density at radius 3 is 2.50 bits per heavy atom. The summed E-state index contributed by atoms with van der Waals surface area (Å²) in [6, 6.07) is 3.60. The molecule has 6 heteroatoms. The minimum atomic E-state index is 0.450. The molecule has 0 aliphatic heterocycles. The van der Waals surface area contributed by atoms with Gasteiger partial charge in [0.1, 0.15) is 5.69 Å². The lowest BCUT2D eigenvalue weighted by Gasteiger charge is -2.10. The van der Waals surface area contributed by atoms with Gasteiger partial charge in [0.25, 0.3) is 0 Å². The van der Waals surface area contributed by atoms with Crippen molar-refractivity contribution in [1.29, 1.82) is 0 Å². The van der Waals surface area contributed by atoms with Crippen LogP contribution in [0.1, 0.15) is 0 Å². The van der Waals surface area contributed by atoms with Crippen molar-refractivity contribution in [3.63, 3.8) is 0 Å². The van der Waals surface area contributed by atoms with Gasteiger partial charge >= 0.3 is 0 Å². The normalized spacial score (nSPS) is 9.94. The first kappa shape index (κ1) is 12.1. The van der Waals surface area contributed by atoms with Crippen LogP contribution in [-0.2, 0) is 0 Å². The van der Waals surface area contributed by atoms with Gasteiger partial charge in [0.15, 0.2) is 5.82 Å². The minimum absolute atomic E-state index is 0.450. The number of aromatic nitrogens is 3. The van der Waals surface area contributed by atoms with Crippen LogP contribution in [0.5, 0.6) is 11.8 Å². The summed E-state index contributed by atoms with van der Waals surface area (Å²) < 4.78 is 10.3. The van der Waals surface area contributed by atoms with E-state index >= 15 is 0 Å². The van der Waals surface area contributed by atoms with Gasteiger partial charge in [-0.15, -0.1) is 0 Å². The largest absolute Gasteiger partial charge is 0.481 e. The fraction of sp³-hybridized carbons (Fsp3) is 0.250. The van der Waals surface area contributed by atoms with E-state index in [1.807, 2.05) is 6.07 Å². The van der Waals surface area contributed by atoms with Crippen LogP contribution in [0.4, 0.5) is 5.82 Å². The van der Waals surface area contributed by atoms with Crippen molar-refractivity contribution in [2.75, 3.05) is 26.6 Å². The highest BCUT2D eigenvalue weighted by Gasteiger charge is 2.14. The minimum Gasteiger partial charge on any atom is -0.481 e. The number of nitrogens with one attached hydrogen (secondary N) is 1. The Hall–Kier alpha value is -2.37. The van der Waals surface area contributed by atoms with E-state index in [2.05, 4.69) is 20.3 Å². The van der Waals surface area contributed by atoms with Crippen LogP contribution in [0.25, 0.3) is 11.3 Å². The van der Waals surface area contributed by atoms with Gasteiger partial charge in [-0.25, -0.2) is 4.98 Å². The zero-order valence-corrected chi connectivity index (χ0v) is 10.5. The summed E-state index contributed by atoms with van der Waals surface area (Å²) in [6.45, 7) is 0. The van der Waals surface area contributed by atoms with Crippen molar-refractivity contribution in [3.05, 3.63) is 24.5 Å². The quantitative estimate of drug-likeness (QED) is 0.883. The van der Waals surface area contributed by atoms with E-state index in [-0.39, 0.29) is 0 Å². The Bertz CT molecular complexity index is 545. The summed E-state index contributed by atoms with van der Waals surface area (Å²) in [7, 11) is 4.90. The maximum Gasteiger partial charge on any atom is 0.226 e. The maximum atomic E-state index is 5.26. The van der Waals surface area contributed by atoms with Gasteiger partial charge in [0.05, 0.1) is 19.8 Å². The van der Waals surface area contributed by atoms with Gasteiger partial charge in [-0.1, -0.05) is 0 Å². The second-order valence-corrected chi connectivity index (χ2v) is 3.41. The molecule has 2 aromatic heterocycles. The molecular weight excluding hydrogens is 232 g/mol. The summed E-state index contributed by atoms with van der Waals surface area (Å²) in [5, 5.41) is 2.99. The van der Waals surface area contributed by atoms with E-state index in [0.717, 1.165) is 5.56 Å². The van der Waals surface area contributed by atoms with Crippen molar-refractivity contribution in [1.82, 2.24) is 15.0 Å². The highest BCUT2D eigenvalue weighted by Crippen LogP contribution is 2.31. The van der Waals surface area contributed by atoms with E-state index in [1.165, 1.54) is 0 Å². The molecule has 0 amide bonds. The highest BCUT2D eigenvalue weighted by molar-refractivity contribution is 5.74. The molecule has 0 bridgehead atoms. The molecule has 0 radical (unpaired) electrons. The Morgan fingerprint density at radius 1 is 1.06 bits per heavy atom. The molecule has 0 unspecified atom stereocenters. The van der Waals surface area contributed by atoms with Crippen molar-refractivity contribution in [2.24, 2.45) is 0 Å². The molecular formula is C12H14N4O2. The molecule has 0 atom stereocenters. The second-order valence-electron chi connectivity index (χ2n) is 3.41. The zero-order valence-electron chi connectivity index (χ0n) is 10.5. The molecule has 18 heavy (non-hydrogen) atoms. The number of rotatable bonds is 4. The third kappa shape index (κ3) is 2.17. The molecule has 0 saturated heterocycles. The monoisotopic (exact) mass is 246 g/mol. The first-order chi connectivity index (χ1) is 8.80. The van der Waals surface area contributed by atoms with Crippen LogP contribution < -0.4 is 14.8 Å². The van der Waals surface area contributed by atoms with Crippen molar-refractivity contribution in [3.8, 4) is 23.0 Å². The van der Waals surface area contributed by atoms with E-state index in [4.69, 9.17) is 9.47 Å². The average molecular weight is 246 g/mol.